The lowest BCUT2D eigenvalue weighted by Gasteiger charge is -2.13. The summed E-state index contributed by atoms with van der Waals surface area (Å²) in [5, 5.41) is 4.44. The van der Waals surface area contributed by atoms with Crippen molar-refractivity contribution in [1.29, 1.82) is 0 Å². The minimum absolute atomic E-state index is 0.168. The number of carbonyl (C=O) groups excluding carboxylic acids is 2. The third kappa shape index (κ3) is 3.48. The molecular weight excluding hydrogens is 310 g/mol. The van der Waals surface area contributed by atoms with Crippen LogP contribution in [0.3, 0.4) is 0 Å². The lowest BCUT2D eigenvalue weighted by atomic mass is 10.1. The molecule has 0 atom stereocenters. The number of fused-ring (bicyclic) bond motifs is 1. The van der Waals surface area contributed by atoms with Gasteiger partial charge in [-0.3, -0.25) is 14.5 Å². The van der Waals surface area contributed by atoms with Gasteiger partial charge in [0, 0.05) is 24.2 Å². The van der Waals surface area contributed by atoms with Crippen LogP contribution in [0.25, 0.3) is 0 Å². The van der Waals surface area contributed by atoms with E-state index in [1.165, 1.54) is 9.78 Å². The highest BCUT2D eigenvalue weighted by Gasteiger charge is 2.34. The Balaban J connectivity index is 1.40. The van der Waals surface area contributed by atoms with Crippen LogP contribution >= 0.6 is 11.3 Å². The van der Waals surface area contributed by atoms with Gasteiger partial charge in [0.1, 0.15) is 0 Å². The van der Waals surface area contributed by atoms with Crippen LogP contribution in [0.1, 0.15) is 43.4 Å². The summed E-state index contributed by atoms with van der Waals surface area (Å²) in [6.45, 7) is 4.16. The SMILES string of the molecule is Cc1ncc(CNCCCCN2C(=O)c3ccccc3C2=O)s1. The highest BCUT2D eigenvalue weighted by atomic mass is 32.1. The average Bonchev–Trinajstić information content (AvgIpc) is 3.07. The van der Waals surface area contributed by atoms with Gasteiger partial charge in [0.25, 0.3) is 11.8 Å². The van der Waals surface area contributed by atoms with E-state index in [4.69, 9.17) is 0 Å². The third-order valence-electron chi connectivity index (χ3n) is 3.83. The maximum absolute atomic E-state index is 12.2. The first kappa shape index (κ1) is 15.8. The molecule has 0 spiro atoms. The molecule has 0 unspecified atom stereocenters. The molecule has 2 aromatic rings. The van der Waals surface area contributed by atoms with Crippen molar-refractivity contribution < 1.29 is 9.59 Å². The fourth-order valence-electron chi connectivity index (χ4n) is 2.66. The molecule has 0 aliphatic carbocycles. The van der Waals surface area contributed by atoms with Crippen molar-refractivity contribution >= 4 is 23.2 Å². The highest BCUT2D eigenvalue weighted by Crippen LogP contribution is 2.22. The number of amides is 2. The van der Waals surface area contributed by atoms with Crippen LogP contribution in [0.5, 0.6) is 0 Å². The Hall–Kier alpha value is -2.05. The molecule has 120 valence electrons. The summed E-state index contributed by atoms with van der Waals surface area (Å²) >= 11 is 1.69. The van der Waals surface area contributed by atoms with Gasteiger partial charge in [0.15, 0.2) is 0 Å². The minimum atomic E-state index is -0.168. The summed E-state index contributed by atoms with van der Waals surface area (Å²) in [4.78, 5) is 31.2. The Morgan fingerprint density at radius 2 is 1.83 bits per heavy atom. The summed E-state index contributed by atoms with van der Waals surface area (Å²) in [5.41, 5.74) is 1.05. The van der Waals surface area contributed by atoms with E-state index < -0.39 is 0 Å². The summed E-state index contributed by atoms with van der Waals surface area (Å²) in [6.07, 6.45) is 3.62. The average molecular weight is 329 g/mol. The van der Waals surface area contributed by atoms with E-state index in [1.807, 2.05) is 13.1 Å². The van der Waals surface area contributed by atoms with Crippen molar-refractivity contribution in [3.8, 4) is 0 Å². The van der Waals surface area contributed by atoms with Crippen LogP contribution < -0.4 is 5.32 Å². The van der Waals surface area contributed by atoms with Gasteiger partial charge in [-0.2, -0.15) is 0 Å². The number of nitrogens with one attached hydrogen (secondary N) is 1. The van der Waals surface area contributed by atoms with E-state index in [2.05, 4.69) is 10.3 Å². The third-order valence-corrected chi connectivity index (χ3v) is 4.74. The molecule has 0 saturated carbocycles. The van der Waals surface area contributed by atoms with Crippen molar-refractivity contribution in [2.45, 2.75) is 26.3 Å². The number of carbonyl (C=O) groups is 2. The predicted molar refractivity (Wildman–Crippen MR) is 89.6 cm³/mol. The number of thiazole rings is 1. The van der Waals surface area contributed by atoms with Crippen molar-refractivity contribution in [3.05, 3.63) is 51.5 Å². The van der Waals surface area contributed by atoms with Gasteiger partial charge < -0.3 is 5.32 Å². The van der Waals surface area contributed by atoms with Gasteiger partial charge in [-0.1, -0.05) is 12.1 Å². The van der Waals surface area contributed by atoms with Gasteiger partial charge in [-0.25, -0.2) is 4.98 Å². The topological polar surface area (TPSA) is 62.3 Å². The lowest BCUT2D eigenvalue weighted by molar-refractivity contribution is 0.0651. The van der Waals surface area contributed by atoms with Gasteiger partial charge in [0.05, 0.1) is 16.1 Å². The fourth-order valence-corrected chi connectivity index (χ4v) is 3.43. The van der Waals surface area contributed by atoms with E-state index in [0.29, 0.717) is 17.7 Å². The number of hydrogen-bond donors (Lipinski definition) is 1. The zero-order valence-electron chi connectivity index (χ0n) is 13.0. The van der Waals surface area contributed by atoms with E-state index >= 15 is 0 Å². The molecule has 23 heavy (non-hydrogen) atoms. The second-order valence-corrected chi connectivity index (χ2v) is 6.86. The summed E-state index contributed by atoms with van der Waals surface area (Å²) in [6, 6.07) is 7.01. The van der Waals surface area contributed by atoms with Crippen molar-refractivity contribution in [2.24, 2.45) is 0 Å². The maximum atomic E-state index is 12.2. The smallest absolute Gasteiger partial charge is 0.261 e. The van der Waals surface area contributed by atoms with Crippen molar-refractivity contribution in [1.82, 2.24) is 15.2 Å². The maximum Gasteiger partial charge on any atom is 0.261 e. The van der Waals surface area contributed by atoms with Gasteiger partial charge in [0.2, 0.25) is 0 Å². The molecule has 2 amide bonds. The number of aromatic nitrogens is 1. The zero-order valence-corrected chi connectivity index (χ0v) is 13.9. The zero-order chi connectivity index (χ0) is 16.2. The molecule has 6 heteroatoms. The molecule has 2 heterocycles. The minimum Gasteiger partial charge on any atom is -0.312 e. The first-order valence-corrected chi connectivity index (χ1v) is 8.55. The van der Waals surface area contributed by atoms with Gasteiger partial charge in [-0.15, -0.1) is 11.3 Å². The van der Waals surface area contributed by atoms with Gasteiger partial charge >= 0.3 is 0 Å². The number of imide groups is 1. The van der Waals surface area contributed by atoms with Crippen LogP contribution in [0, 0.1) is 6.92 Å². The van der Waals surface area contributed by atoms with Crippen molar-refractivity contribution in [3.63, 3.8) is 0 Å². The van der Waals surface area contributed by atoms with Crippen LogP contribution in [0.15, 0.2) is 30.5 Å². The molecule has 1 aliphatic rings. The Bertz CT molecular complexity index is 691. The summed E-state index contributed by atoms with van der Waals surface area (Å²) in [5.74, 6) is -0.336. The number of nitrogens with zero attached hydrogens (tertiary/aromatic N) is 2. The lowest BCUT2D eigenvalue weighted by Crippen LogP contribution is -2.31. The Labute approximate surface area is 139 Å². The standard InChI is InChI=1S/C17H19N3O2S/c1-12-19-11-13(23-12)10-18-8-4-5-9-20-16(21)14-6-2-3-7-15(14)17(20)22/h2-3,6-7,11,18H,4-5,8-10H2,1H3. The second-order valence-electron chi connectivity index (χ2n) is 5.54. The number of aryl methyl sites for hydroxylation is 1. The van der Waals surface area contributed by atoms with E-state index in [1.54, 1.807) is 35.6 Å². The molecule has 1 N–H and O–H groups in total. The van der Waals surface area contributed by atoms with Crippen molar-refractivity contribution in [2.75, 3.05) is 13.1 Å². The number of hydrogen-bond acceptors (Lipinski definition) is 5. The molecule has 0 saturated heterocycles. The Morgan fingerprint density at radius 1 is 1.13 bits per heavy atom. The molecule has 0 bridgehead atoms. The molecule has 1 aromatic carbocycles. The molecule has 1 aromatic heterocycles. The first-order valence-electron chi connectivity index (χ1n) is 7.74. The molecule has 0 fully saturated rings. The molecule has 3 rings (SSSR count). The number of rotatable bonds is 7. The molecule has 5 nitrogen and oxygen atoms in total. The molecule has 0 radical (unpaired) electrons. The Morgan fingerprint density at radius 3 is 2.43 bits per heavy atom. The summed E-state index contributed by atoms with van der Waals surface area (Å²) in [7, 11) is 0. The van der Waals surface area contributed by atoms with E-state index in [-0.39, 0.29) is 11.8 Å². The first-order chi connectivity index (χ1) is 11.2. The number of benzene rings is 1. The highest BCUT2D eigenvalue weighted by molar-refractivity contribution is 7.11. The van der Waals surface area contributed by atoms with E-state index in [9.17, 15) is 9.59 Å². The quantitative estimate of drug-likeness (QED) is 0.626. The molecule has 1 aliphatic heterocycles. The van der Waals surface area contributed by atoms with Crippen LogP contribution in [-0.4, -0.2) is 34.8 Å². The predicted octanol–water partition coefficient (Wildman–Crippen LogP) is 2.62. The molecular formula is C17H19N3O2S. The Kier molecular flexibility index (Phi) is 4.83. The number of unbranched alkanes of at least 4 members (excludes halogenated alkanes) is 1. The van der Waals surface area contributed by atoms with Crippen LogP contribution in [0.2, 0.25) is 0 Å². The largest absolute Gasteiger partial charge is 0.312 e. The van der Waals surface area contributed by atoms with E-state index in [0.717, 1.165) is 30.9 Å². The van der Waals surface area contributed by atoms with Gasteiger partial charge in [-0.05, 0) is 38.4 Å². The normalized spacial score (nSPS) is 13.7. The summed E-state index contributed by atoms with van der Waals surface area (Å²) < 4.78 is 0. The second kappa shape index (κ2) is 7.02. The fraction of sp³-hybridized carbons (Fsp3) is 0.353. The van der Waals surface area contributed by atoms with Crippen LogP contribution in [-0.2, 0) is 6.54 Å². The monoisotopic (exact) mass is 329 g/mol. The van der Waals surface area contributed by atoms with Crippen LogP contribution in [0.4, 0.5) is 0 Å².